The first-order chi connectivity index (χ1) is 17.7. The molecule has 0 saturated heterocycles. The van der Waals surface area contributed by atoms with E-state index in [4.69, 9.17) is 15.2 Å². The summed E-state index contributed by atoms with van der Waals surface area (Å²) in [6.07, 6.45) is 2.42. The number of nitrogens with zero attached hydrogens (tertiary/aromatic N) is 3. The number of anilines is 2. The molecule has 1 fully saturated rings. The molecule has 0 atom stereocenters. The fourth-order valence-electron chi connectivity index (χ4n) is 4.09. The molecule has 2 aromatic carbocycles. The lowest BCUT2D eigenvalue weighted by Crippen LogP contribution is -2.40. The van der Waals surface area contributed by atoms with Crippen molar-refractivity contribution in [1.29, 1.82) is 5.26 Å². The molecule has 202 valence electrons. The van der Waals surface area contributed by atoms with Crippen molar-refractivity contribution in [3.05, 3.63) is 52.8 Å². The zero-order valence-corrected chi connectivity index (χ0v) is 22.2. The number of alkyl halides is 2. The van der Waals surface area contributed by atoms with Crippen LogP contribution in [0.5, 0.6) is 5.75 Å². The van der Waals surface area contributed by atoms with Gasteiger partial charge in [0.1, 0.15) is 35.7 Å². The average molecular weight is 526 g/mol. The van der Waals surface area contributed by atoms with Crippen LogP contribution in [0, 0.1) is 18.3 Å². The van der Waals surface area contributed by atoms with Crippen LogP contribution in [0.25, 0.3) is 10.9 Å². The molecular formula is C28H33F2N5O3. The van der Waals surface area contributed by atoms with Crippen LogP contribution in [-0.4, -0.2) is 40.0 Å². The van der Waals surface area contributed by atoms with Gasteiger partial charge in [-0.2, -0.15) is 14.0 Å². The zero-order chi connectivity index (χ0) is 27.9. The Hall–Kier alpha value is -3.55. The lowest BCUT2D eigenvalue weighted by Gasteiger charge is -2.32. The van der Waals surface area contributed by atoms with Gasteiger partial charge in [0.25, 0.3) is 0 Å². The fourth-order valence-corrected chi connectivity index (χ4v) is 4.09. The summed E-state index contributed by atoms with van der Waals surface area (Å²) < 4.78 is 41.5. The minimum Gasteiger partial charge on any atom is -0.490 e. The fraction of sp³-hybridized carbons (Fsp3) is 0.464. The van der Waals surface area contributed by atoms with Gasteiger partial charge in [-0.3, -0.25) is 0 Å². The number of nitrogens with one attached hydrogen (secondary N) is 1. The number of rotatable bonds is 10. The topological polar surface area (TPSA) is 126 Å². The molecule has 38 heavy (non-hydrogen) atoms. The quantitative estimate of drug-likeness (QED) is 0.245. The molecule has 1 saturated carbocycles. The standard InChI is InChI=1S/C28H33F2N5O3/c1-16-33-23-10-17(15-31)24(38-9-8-37-21-6-7-21)14-22(23)25(34-16)35-26(2,3)18-11-19(13-20(32)12-18)28(29,30)27(4,5)36/h10-14,21,36H,6-9,32H2,1-5H3,(H,33,34,35). The van der Waals surface area contributed by atoms with E-state index in [2.05, 4.69) is 21.4 Å². The van der Waals surface area contributed by atoms with Crippen molar-refractivity contribution in [2.45, 2.75) is 70.6 Å². The SMILES string of the molecule is Cc1nc(NC(C)(C)c2cc(N)cc(C(F)(F)C(C)(C)O)c2)c2cc(OCCOC3CC3)c(C#N)cc2n1. The average Bonchev–Trinajstić information content (AvgIpc) is 3.64. The number of benzene rings is 2. The number of halogens is 2. The largest absolute Gasteiger partial charge is 0.490 e. The predicted molar refractivity (Wildman–Crippen MR) is 141 cm³/mol. The van der Waals surface area contributed by atoms with E-state index < -0.39 is 17.1 Å². The van der Waals surface area contributed by atoms with E-state index in [1.807, 2.05) is 13.8 Å². The Morgan fingerprint density at radius 1 is 1.08 bits per heavy atom. The second-order valence-electron chi connectivity index (χ2n) is 10.7. The summed E-state index contributed by atoms with van der Waals surface area (Å²) in [4.78, 5) is 9.04. The Bertz CT molecular complexity index is 1390. The first kappa shape index (κ1) is 27.5. The number of aliphatic hydroxyl groups is 1. The number of aromatic nitrogens is 2. The second-order valence-corrected chi connectivity index (χ2v) is 10.7. The predicted octanol–water partition coefficient (Wildman–Crippen LogP) is 5.16. The van der Waals surface area contributed by atoms with E-state index >= 15 is 0 Å². The Morgan fingerprint density at radius 2 is 1.76 bits per heavy atom. The number of nitrogen functional groups attached to an aromatic ring is 1. The van der Waals surface area contributed by atoms with E-state index in [1.54, 1.807) is 25.1 Å². The number of hydrogen-bond donors (Lipinski definition) is 3. The first-order valence-electron chi connectivity index (χ1n) is 12.5. The van der Waals surface area contributed by atoms with Gasteiger partial charge in [-0.15, -0.1) is 0 Å². The highest BCUT2D eigenvalue weighted by molar-refractivity contribution is 5.92. The van der Waals surface area contributed by atoms with E-state index in [0.717, 1.165) is 26.7 Å². The molecule has 0 bridgehead atoms. The summed E-state index contributed by atoms with van der Waals surface area (Å²) in [6, 6.07) is 9.60. The molecule has 1 heterocycles. The van der Waals surface area contributed by atoms with E-state index in [0.29, 0.717) is 58.7 Å². The maximum absolute atomic E-state index is 15.0. The van der Waals surface area contributed by atoms with Crippen molar-refractivity contribution < 1.29 is 23.4 Å². The van der Waals surface area contributed by atoms with Crippen molar-refractivity contribution in [3.63, 3.8) is 0 Å². The summed E-state index contributed by atoms with van der Waals surface area (Å²) in [5, 5.41) is 23.7. The number of fused-ring (bicyclic) bond motifs is 1. The van der Waals surface area contributed by atoms with Crippen LogP contribution < -0.4 is 15.8 Å². The van der Waals surface area contributed by atoms with Crippen LogP contribution in [0.1, 0.15) is 63.1 Å². The van der Waals surface area contributed by atoms with Crippen LogP contribution in [0.2, 0.25) is 0 Å². The third kappa shape index (κ3) is 5.79. The molecule has 8 nitrogen and oxygen atoms in total. The van der Waals surface area contributed by atoms with Crippen molar-refractivity contribution in [2.24, 2.45) is 0 Å². The smallest absolute Gasteiger partial charge is 0.300 e. The molecule has 3 aromatic rings. The van der Waals surface area contributed by atoms with Gasteiger partial charge >= 0.3 is 5.92 Å². The number of ether oxygens (including phenoxy) is 2. The van der Waals surface area contributed by atoms with Crippen molar-refractivity contribution >= 4 is 22.4 Å². The number of aryl methyl sites for hydroxylation is 1. The monoisotopic (exact) mass is 525 g/mol. The summed E-state index contributed by atoms with van der Waals surface area (Å²) >= 11 is 0. The molecule has 0 amide bonds. The number of nitriles is 1. The Kier molecular flexibility index (Phi) is 7.21. The number of hydrogen-bond acceptors (Lipinski definition) is 8. The van der Waals surface area contributed by atoms with Gasteiger partial charge in [-0.05, 0) is 83.4 Å². The molecule has 1 aliphatic rings. The highest BCUT2D eigenvalue weighted by Gasteiger charge is 2.47. The second kappa shape index (κ2) is 9.97. The maximum atomic E-state index is 15.0. The summed E-state index contributed by atoms with van der Waals surface area (Å²) in [7, 11) is 0. The van der Waals surface area contributed by atoms with Crippen LogP contribution in [0.3, 0.4) is 0 Å². The molecule has 4 rings (SSSR count). The third-order valence-corrected chi connectivity index (χ3v) is 6.49. The van der Waals surface area contributed by atoms with Crippen LogP contribution in [0.15, 0.2) is 30.3 Å². The molecule has 0 spiro atoms. The molecule has 1 aliphatic carbocycles. The van der Waals surface area contributed by atoms with Gasteiger partial charge in [-0.1, -0.05) is 0 Å². The number of nitrogens with two attached hydrogens (primary N) is 1. The van der Waals surface area contributed by atoms with E-state index in [-0.39, 0.29) is 11.3 Å². The highest BCUT2D eigenvalue weighted by atomic mass is 19.3. The molecule has 0 radical (unpaired) electrons. The summed E-state index contributed by atoms with van der Waals surface area (Å²) in [5.74, 6) is -2.25. The minimum atomic E-state index is -3.53. The van der Waals surface area contributed by atoms with Crippen LogP contribution >= 0.6 is 0 Å². The van der Waals surface area contributed by atoms with Gasteiger partial charge in [0, 0.05) is 16.6 Å². The highest BCUT2D eigenvalue weighted by Crippen LogP contribution is 2.41. The molecule has 0 aliphatic heterocycles. The van der Waals surface area contributed by atoms with Crippen molar-refractivity contribution in [2.75, 3.05) is 24.3 Å². The van der Waals surface area contributed by atoms with Crippen LogP contribution in [0.4, 0.5) is 20.3 Å². The lowest BCUT2D eigenvalue weighted by atomic mass is 9.87. The van der Waals surface area contributed by atoms with Gasteiger partial charge in [-0.25, -0.2) is 9.97 Å². The Morgan fingerprint density at radius 3 is 2.39 bits per heavy atom. The maximum Gasteiger partial charge on any atom is 0.300 e. The van der Waals surface area contributed by atoms with Gasteiger partial charge in [0.05, 0.1) is 29.3 Å². The van der Waals surface area contributed by atoms with Crippen molar-refractivity contribution in [1.82, 2.24) is 9.97 Å². The summed E-state index contributed by atoms with van der Waals surface area (Å²) in [6.45, 7) is 8.18. The van der Waals surface area contributed by atoms with Gasteiger partial charge < -0.3 is 25.6 Å². The normalized spacial score (nSPS) is 14.4. The Labute approximate surface area is 220 Å². The zero-order valence-electron chi connectivity index (χ0n) is 22.2. The molecule has 10 heteroatoms. The lowest BCUT2D eigenvalue weighted by molar-refractivity contribution is -0.168. The molecule has 0 unspecified atom stereocenters. The van der Waals surface area contributed by atoms with E-state index in [9.17, 15) is 19.1 Å². The molecular weight excluding hydrogens is 492 g/mol. The third-order valence-electron chi connectivity index (χ3n) is 6.49. The molecule has 4 N–H and O–H groups in total. The van der Waals surface area contributed by atoms with Crippen molar-refractivity contribution in [3.8, 4) is 11.8 Å². The summed E-state index contributed by atoms with van der Waals surface area (Å²) in [5.41, 5.74) is 3.91. The Balaban J connectivity index is 1.70. The van der Waals surface area contributed by atoms with E-state index in [1.165, 1.54) is 12.1 Å². The minimum absolute atomic E-state index is 0.141. The first-order valence-corrected chi connectivity index (χ1v) is 12.5. The van der Waals surface area contributed by atoms with Gasteiger partial charge in [0.2, 0.25) is 0 Å². The molecule has 1 aromatic heterocycles. The van der Waals surface area contributed by atoms with Crippen LogP contribution in [-0.2, 0) is 16.2 Å². The van der Waals surface area contributed by atoms with Gasteiger partial charge in [0.15, 0.2) is 0 Å².